The first kappa shape index (κ1) is 24.0. The minimum absolute atomic E-state index is 0.0610. The molecule has 9 heteroatoms. The second-order valence-corrected chi connectivity index (χ2v) is 9.71. The number of aliphatic carboxylic acids is 1. The number of carboxylic acid groups (broad SMARTS) is 1. The summed E-state index contributed by atoms with van der Waals surface area (Å²) in [5.74, 6) is 0.357. The first-order valence-corrected chi connectivity index (χ1v) is 12.0. The lowest BCUT2D eigenvalue weighted by molar-refractivity contribution is -0.139. The Morgan fingerprint density at radius 3 is 2.75 bits per heavy atom. The van der Waals surface area contributed by atoms with E-state index in [9.17, 15) is 19.8 Å². The van der Waals surface area contributed by atoms with Crippen molar-refractivity contribution in [3.63, 3.8) is 0 Å². The third kappa shape index (κ3) is 4.35. The van der Waals surface area contributed by atoms with E-state index in [1.807, 2.05) is 12.1 Å². The van der Waals surface area contributed by atoms with Crippen molar-refractivity contribution < 1.29 is 34.0 Å². The maximum absolute atomic E-state index is 12.7. The number of alkyl carbamates (subject to hydrolysis) is 1. The van der Waals surface area contributed by atoms with Crippen LogP contribution in [0.4, 0.5) is 4.79 Å². The van der Waals surface area contributed by atoms with Crippen molar-refractivity contribution in [3.05, 3.63) is 65.2 Å². The minimum atomic E-state index is -1.17. The van der Waals surface area contributed by atoms with Gasteiger partial charge < -0.3 is 34.6 Å². The number of aromatic hydroxyl groups is 1. The van der Waals surface area contributed by atoms with Crippen LogP contribution < -0.4 is 14.8 Å². The van der Waals surface area contributed by atoms with Gasteiger partial charge in [0.1, 0.15) is 24.0 Å². The normalized spacial score (nSPS) is 25.1. The number of nitrogens with one attached hydrogen (secondary N) is 1. The maximum Gasteiger partial charge on any atom is 0.408 e. The molecule has 4 atom stereocenters. The molecule has 0 aromatic heterocycles. The molecular formula is C27H30N2O7. The zero-order valence-corrected chi connectivity index (χ0v) is 20.3. The summed E-state index contributed by atoms with van der Waals surface area (Å²) in [5, 5.41) is 21.5. The summed E-state index contributed by atoms with van der Waals surface area (Å²) in [4.78, 5) is 26.7. The number of amides is 1. The Balaban J connectivity index is 1.31. The van der Waals surface area contributed by atoms with Crippen LogP contribution in [-0.2, 0) is 27.9 Å². The lowest BCUT2D eigenvalue weighted by Crippen LogP contribution is -2.46. The summed E-state index contributed by atoms with van der Waals surface area (Å²) in [6.45, 7) is 1.71. The van der Waals surface area contributed by atoms with Crippen LogP contribution in [-0.4, -0.2) is 66.1 Å². The smallest absolute Gasteiger partial charge is 0.408 e. The van der Waals surface area contributed by atoms with Gasteiger partial charge in [-0.1, -0.05) is 24.3 Å². The fourth-order valence-electron chi connectivity index (χ4n) is 5.53. The Bertz CT molecular complexity index is 1200. The monoisotopic (exact) mass is 494 g/mol. The standard InChI is InChI=1S/C27H30N2O7/c1-29-12-11-27-10-9-19(14-22(27)36-24-21(34-2)8-5-17(15-29)23(24)27)35-26(33)28-20(25(31)32)13-16-3-6-18(30)7-4-16/h3-10,19-20,22,30H,11-15H2,1-2H3,(H,28,33)(H,31,32)/t19-,20?,22?,27-/m0/s1. The summed E-state index contributed by atoms with van der Waals surface area (Å²) in [6, 6.07) is 9.03. The lowest BCUT2D eigenvalue weighted by atomic mass is 9.69. The van der Waals surface area contributed by atoms with Gasteiger partial charge in [0.15, 0.2) is 11.5 Å². The van der Waals surface area contributed by atoms with Crippen LogP contribution in [0.5, 0.6) is 17.2 Å². The predicted molar refractivity (Wildman–Crippen MR) is 130 cm³/mol. The molecule has 1 aliphatic carbocycles. The van der Waals surface area contributed by atoms with Crippen molar-refractivity contribution in [2.75, 3.05) is 20.7 Å². The number of hydrogen-bond acceptors (Lipinski definition) is 7. The maximum atomic E-state index is 12.7. The van der Waals surface area contributed by atoms with Crippen molar-refractivity contribution >= 4 is 12.1 Å². The third-order valence-electron chi connectivity index (χ3n) is 7.35. The van der Waals surface area contributed by atoms with Crippen molar-refractivity contribution in [3.8, 4) is 17.2 Å². The highest BCUT2D eigenvalue weighted by Crippen LogP contribution is 2.55. The zero-order valence-electron chi connectivity index (χ0n) is 20.3. The van der Waals surface area contributed by atoms with Gasteiger partial charge in [0, 0.05) is 24.9 Å². The number of methoxy groups -OCH3 is 1. The molecule has 0 fully saturated rings. The number of carbonyl (C=O) groups excluding carboxylic acids is 1. The molecule has 9 nitrogen and oxygen atoms in total. The third-order valence-corrected chi connectivity index (χ3v) is 7.35. The molecule has 3 N–H and O–H groups in total. The van der Waals surface area contributed by atoms with Crippen LogP contribution in [0.3, 0.4) is 0 Å². The summed E-state index contributed by atoms with van der Waals surface area (Å²) in [6.07, 6.45) is 3.76. The van der Waals surface area contributed by atoms with Gasteiger partial charge in [-0.05, 0) is 55.4 Å². The van der Waals surface area contributed by atoms with Crippen molar-refractivity contribution in [2.24, 2.45) is 0 Å². The molecule has 0 radical (unpaired) electrons. The van der Waals surface area contributed by atoms with E-state index in [2.05, 4.69) is 29.4 Å². The molecule has 2 aromatic rings. The summed E-state index contributed by atoms with van der Waals surface area (Å²) in [7, 11) is 3.73. The van der Waals surface area contributed by atoms with Crippen molar-refractivity contribution in [1.29, 1.82) is 0 Å². The second kappa shape index (κ2) is 9.39. The Kier molecular flexibility index (Phi) is 6.26. The number of ether oxygens (including phenoxy) is 3. The van der Waals surface area contributed by atoms with Crippen LogP contribution in [0.2, 0.25) is 0 Å². The number of carboxylic acids is 1. The SMILES string of the molecule is COc1ccc2c3c1OC1C[C@@H](OC(=O)NC(Cc4ccc(O)cc4)C(=O)O)C=C[C@@]31CCN(C)C2. The molecule has 2 unspecified atom stereocenters. The molecule has 5 rings (SSSR count). The van der Waals surface area contributed by atoms with Gasteiger partial charge in [-0.3, -0.25) is 0 Å². The Hall–Kier alpha value is -3.72. The number of hydrogen-bond donors (Lipinski definition) is 3. The van der Waals surface area contributed by atoms with E-state index >= 15 is 0 Å². The van der Waals surface area contributed by atoms with Crippen LogP contribution in [0.1, 0.15) is 29.5 Å². The molecule has 2 aliphatic heterocycles. The molecule has 1 amide bonds. The van der Waals surface area contributed by atoms with Crippen LogP contribution in [0, 0.1) is 0 Å². The Labute approximate surface area is 209 Å². The van der Waals surface area contributed by atoms with Crippen LogP contribution in [0.15, 0.2) is 48.6 Å². The first-order valence-electron chi connectivity index (χ1n) is 12.0. The van der Waals surface area contributed by atoms with Crippen molar-refractivity contribution in [2.45, 2.75) is 49.5 Å². The fourth-order valence-corrected chi connectivity index (χ4v) is 5.53. The molecule has 1 spiro atoms. The van der Waals surface area contributed by atoms with Crippen LogP contribution >= 0.6 is 0 Å². The van der Waals surface area contributed by atoms with E-state index in [1.54, 1.807) is 19.2 Å². The largest absolute Gasteiger partial charge is 0.508 e. The molecule has 3 aliphatic rings. The van der Waals surface area contributed by atoms with Gasteiger partial charge in [-0.2, -0.15) is 0 Å². The van der Waals surface area contributed by atoms with E-state index in [4.69, 9.17) is 14.2 Å². The average molecular weight is 495 g/mol. The quantitative estimate of drug-likeness (QED) is 0.525. The second-order valence-electron chi connectivity index (χ2n) is 9.71. The highest BCUT2D eigenvalue weighted by Gasteiger charge is 2.53. The van der Waals surface area contributed by atoms with Gasteiger partial charge >= 0.3 is 12.1 Å². The fraction of sp³-hybridized carbons (Fsp3) is 0.407. The summed E-state index contributed by atoms with van der Waals surface area (Å²) < 4.78 is 17.6. The van der Waals surface area contributed by atoms with E-state index in [1.165, 1.54) is 17.7 Å². The van der Waals surface area contributed by atoms with E-state index in [-0.39, 0.29) is 23.7 Å². The van der Waals surface area contributed by atoms with Gasteiger partial charge in [0.25, 0.3) is 0 Å². The molecule has 0 saturated heterocycles. The summed E-state index contributed by atoms with van der Waals surface area (Å²) in [5.41, 5.74) is 2.69. The van der Waals surface area contributed by atoms with Gasteiger partial charge in [0.05, 0.1) is 12.5 Å². The van der Waals surface area contributed by atoms with E-state index < -0.39 is 24.2 Å². The molecule has 0 bridgehead atoms. The highest BCUT2D eigenvalue weighted by molar-refractivity contribution is 5.80. The van der Waals surface area contributed by atoms with Gasteiger partial charge in [-0.25, -0.2) is 9.59 Å². The number of nitrogens with zero attached hydrogens (tertiary/aromatic N) is 1. The first-order chi connectivity index (χ1) is 17.3. The topological polar surface area (TPSA) is 118 Å². The number of carbonyl (C=O) groups is 2. The minimum Gasteiger partial charge on any atom is -0.508 e. The van der Waals surface area contributed by atoms with E-state index in [0.29, 0.717) is 17.7 Å². The number of benzene rings is 2. The van der Waals surface area contributed by atoms with E-state index in [0.717, 1.165) is 30.8 Å². The molecule has 36 heavy (non-hydrogen) atoms. The molecule has 2 heterocycles. The zero-order chi connectivity index (χ0) is 25.4. The number of phenolic OH excluding ortho intramolecular Hbond substituents is 1. The van der Waals surface area contributed by atoms with Gasteiger partial charge in [-0.15, -0.1) is 0 Å². The molecular weight excluding hydrogens is 464 g/mol. The van der Waals surface area contributed by atoms with Gasteiger partial charge in [0.2, 0.25) is 0 Å². The average Bonchev–Trinajstić information content (AvgIpc) is 3.11. The predicted octanol–water partition coefficient (Wildman–Crippen LogP) is 2.99. The molecule has 190 valence electrons. The summed E-state index contributed by atoms with van der Waals surface area (Å²) >= 11 is 0. The molecule has 2 aromatic carbocycles. The van der Waals surface area contributed by atoms with Crippen LogP contribution in [0.25, 0.3) is 0 Å². The molecule has 0 saturated carbocycles. The number of phenols is 1. The Morgan fingerprint density at radius 2 is 2.03 bits per heavy atom. The lowest BCUT2D eigenvalue weighted by Gasteiger charge is -2.36. The number of rotatable bonds is 6. The Morgan fingerprint density at radius 1 is 1.25 bits per heavy atom. The van der Waals surface area contributed by atoms with Crippen molar-refractivity contribution in [1.82, 2.24) is 10.2 Å². The highest BCUT2D eigenvalue weighted by atomic mass is 16.6.